The maximum absolute atomic E-state index is 12.9. The Hall–Kier alpha value is -4.49. The summed E-state index contributed by atoms with van der Waals surface area (Å²) >= 11 is 6.07. The fourth-order valence-electron chi connectivity index (χ4n) is 2.94. The standard InChI is InChI=1S/C22H15ClN4O6/c1-2-33-16-7-4-14(5-8-16)26-21(28)18(12-24)17(20(25-26)22(29)30)9-3-13-11-15(27(31)32)6-10-19(13)23/h3-11H,2H2,1H3,(H,29,30)/b9-3-. The van der Waals surface area contributed by atoms with Crippen LogP contribution in [0.3, 0.4) is 0 Å². The monoisotopic (exact) mass is 466 g/mol. The van der Waals surface area contributed by atoms with Gasteiger partial charge in [0, 0.05) is 22.7 Å². The number of carboxylic acid groups (broad SMARTS) is 1. The van der Waals surface area contributed by atoms with E-state index in [-0.39, 0.29) is 27.5 Å². The number of nitro benzene ring substituents is 1. The van der Waals surface area contributed by atoms with Crippen molar-refractivity contribution in [2.24, 2.45) is 0 Å². The van der Waals surface area contributed by atoms with E-state index in [0.717, 1.165) is 4.68 Å². The Labute approximate surface area is 191 Å². The Kier molecular flexibility index (Phi) is 6.85. The van der Waals surface area contributed by atoms with Crippen molar-refractivity contribution in [3.05, 3.63) is 90.3 Å². The van der Waals surface area contributed by atoms with Crippen molar-refractivity contribution in [1.29, 1.82) is 5.26 Å². The van der Waals surface area contributed by atoms with Crippen molar-refractivity contribution in [2.75, 3.05) is 6.61 Å². The molecular formula is C22H15ClN4O6. The molecule has 11 heteroatoms. The fraction of sp³-hybridized carbons (Fsp3) is 0.0909. The molecule has 0 bridgehead atoms. The van der Waals surface area contributed by atoms with Gasteiger partial charge < -0.3 is 9.84 Å². The lowest BCUT2D eigenvalue weighted by Crippen LogP contribution is -2.28. The number of hydrogen-bond donors (Lipinski definition) is 1. The number of non-ortho nitro benzene ring substituents is 1. The zero-order valence-electron chi connectivity index (χ0n) is 17.1. The van der Waals surface area contributed by atoms with Gasteiger partial charge in [-0.2, -0.15) is 15.0 Å². The molecule has 0 radical (unpaired) electrons. The second kappa shape index (κ2) is 9.76. The zero-order chi connectivity index (χ0) is 24.1. The van der Waals surface area contributed by atoms with E-state index in [1.54, 1.807) is 18.2 Å². The number of halogens is 1. The van der Waals surface area contributed by atoms with Gasteiger partial charge in [0.2, 0.25) is 0 Å². The molecule has 0 saturated carbocycles. The van der Waals surface area contributed by atoms with E-state index in [1.807, 2.05) is 6.92 Å². The summed E-state index contributed by atoms with van der Waals surface area (Å²) in [6.45, 7) is 2.25. The van der Waals surface area contributed by atoms with Crippen LogP contribution in [0.1, 0.15) is 34.1 Å². The van der Waals surface area contributed by atoms with Gasteiger partial charge in [-0.3, -0.25) is 14.9 Å². The largest absolute Gasteiger partial charge is 0.494 e. The summed E-state index contributed by atoms with van der Waals surface area (Å²) in [4.78, 5) is 35.2. The average Bonchev–Trinajstić information content (AvgIpc) is 2.79. The predicted octanol–water partition coefficient (Wildman–Crippen LogP) is 3.93. The highest BCUT2D eigenvalue weighted by Gasteiger charge is 2.21. The smallest absolute Gasteiger partial charge is 0.357 e. The minimum atomic E-state index is -1.48. The van der Waals surface area contributed by atoms with Crippen molar-refractivity contribution in [3.63, 3.8) is 0 Å². The van der Waals surface area contributed by atoms with Gasteiger partial charge in [-0.25, -0.2) is 4.79 Å². The molecule has 0 unspecified atom stereocenters. The van der Waals surface area contributed by atoms with E-state index in [2.05, 4.69) is 5.10 Å². The third kappa shape index (κ3) is 4.89. The van der Waals surface area contributed by atoms with E-state index in [1.165, 1.54) is 42.5 Å². The molecule has 1 heterocycles. The molecule has 0 amide bonds. The number of benzene rings is 2. The topological polar surface area (TPSA) is 148 Å². The number of ether oxygens (including phenoxy) is 1. The highest BCUT2D eigenvalue weighted by atomic mass is 35.5. The second-order valence-electron chi connectivity index (χ2n) is 6.49. The van der Waals surface area contributed by atoms with Crippen LogP contribution >= 0.6 is 11.6 Å². The summed E-state index contributed by atoms with van der Waals surface area (Å²) < 4.78 is 6.16. The molecule has 166 valence electrons. The predicted molar refractivity (Wildman–Crippen MR) is 120 cm³/mol. The molecule has 2 aromatic carbocycles. The van der Waals surface area contributed by atoms with Gasteiger partial charge in [-0.15, -0.1) is 0 Å². The Morgan fingerprint density at radius 1 is 1.30 bits per heavy atom. The molecule has 3 rings (SSSR count). The summed E-state index contributed by atoms with van der Waals surface area (Å²) in [5.74, 6) is -0.933. The number of nitro groups is 1. The average molecular weight is 467 g/mol. The highest BCUT2D eigenvalue weighted by Crippen LogP contribution is 2.25. The molecule has 0 saturated heterocycles. The zero-order valence-corrected chi connectivity index (χ0v) is 17.8. The van der Waals surface area contributed by atoms with Crippen molar-refractivity contribution in [1.82, 2.24) is 9.78 Å². The summed E-state index contributed by atoms with van der Waals surface area (Å²) in [5, 5.41) is 34.4. The minimum Gasteiger partial charge on any atom is -0.494 e. The van der Waals surface area contributed by atoms with E-state index in [4.69, 9.17) is 16.3 Å². The van der Waals surface area contributed by atoms with Crippen LogP contribution in [-0.4, -0.2) is 32.4 Å². The van der Waals surface area contributed by atoms with Gasteiger partial charge in [-0.05, 0) is 42.8 Å². The lowest BCUT2D eigenvalue weighted by molar-refractivity contribution is -0.384. The lowest BCUT2D eigenvalue weighted by atomic mass is 10.1. The van der Waals surface area contributed by atoms with Crippen molar-refractivity contribution < 1.29 is 19.6 Å². The molecular weight excluding hydrogens is 452 g/mol. The summed E-state index contributed by atoms with van der Waals surface area (Å²) in [7, 11) is 0. The molecule has 33 heavy (non-hydrogen) atoms. The molecule has 10 nitrogen and oxygen atoms in total. The normalized spacial score (nSPS) is 10.7. The fourth-order valence-corrected chi connectivity index (χ4v) is 3.12. The van der Waals surface area contributed by atoms with Crippen LogP contribution in [0.4, 0.5) is 5.69 Å². The van der Waals surface area contributed by atoms with E-state index >= 15 is 0 Å². The Morgan fingerprint density at radius 2 is 2.00 bits per heavy atom. The first-order valence-corrected chi connectivity index (χ1v) is 9.80. The number of rotatable bonds is 7. The summed E-state index contributed by atoms with van der Waals surface area (Å²) in [5.41, 5.74) is -1.91. The van der Waals surface area contributed by atoms with Crippen molar-refractivity contribution in [2.45, 2.75) is 6.92 Å². The quantitative estimate of drug-likeness (QED) is 0.406. The molecule has 1 aromatic heterocycles. The molecule has 0 spiro atoms. The number of aromatic carboxylic acids is 1. The number of nitriles is 1. The van der Waals surface area contributed by atoms with Crippen LogP contribution < -0.4 is 10.3 Å². The number of carbonyl (C=O) groups is 1. The Balaban J connectivity index is 2.16. The third-order valence-corrected chi connectivity index (χ3v) is 4.80. The maximum Gasteiger partial charge on any atom is 0.357 e. The number of nitrogens with zero attached hydrogens (tertiary/aromatic N) is 4. The summed E-state index contributed by atoms with van der Waals surface area (Å²) in [6.07, 6.45) is 2.45. The van der Waals surface area contributed by atoms with E-state index in [0.29, 0.717) is 12.4 Å². The maximum atomic E-state index is 12.9. The molecule has 0 aliphatic carbocycles. The van der Waals surface area contributed by atoms with Gasteiger partial charge in [0.25, 0.3) is 11.2 Å². The van der Waals surface area contributed by atoms with E-state index in [9.17, 15) is 30.1 Å². The summed E-state index contributed by atoms with van der Waals surface area (Å²) in [6, 6.07) is 11.6. The van der Waals surface area contributed by atoms with Gasteiger partial charge in [0.1, 0.15) is 17.4 Å². The van der Waals surface area contributed by atoms with Crippen LogP contribution in [0.15, 0.2) is 47.3 Å². The molecule has 0 aliphatic heterocycles. The molecule has 0 aliphatic rings. The van der Waals surface area contributed by atoms with Crippen LogP contribution in [0.2, 0.25) is 5.02 Å². The van der Waals surface area contributed by atoms with Gasteiger partial charge in [-0.1, -0.05) is 23.8 Å². The number of aromatic nitrogens is 2. The van der Waals surface area contributed by atoms with Crippen LogP contribution in [0, 0.1) is 21.4 Å². The first kappa shape index (κ1) is 23.2. The van der Waals surface area contributed by atoms with Gasteiger partial charge >= 0.3 is 5.97 Å². The minimum absolute atomic E-state index is 0.155. The third-order valence-electron chi connectivity index (χ3n) is 4.46. The Morgan fingerprint density at radius 3 is 2.58 bits per heavy atom. The molecule has 0 atom stereocenters. The number of hydrogen-bond acceptors (Lipinski definition) is 7. The SMILES string of the molecule is CCOc1ccc(-n2nc(C(=O)O)c(/C=C\c3cc([N+](=O)[O-])ccc3Cl)c(C#N)c2=O)cc1. The van der Waals surface area contributed by atoms with Crippen LogP contribution in [0.25, 0.3) is 17.8 Å². The number of carboxylic acids is 1. The van der Waals surface area contributed by atoms with Crippen LogP contribution in [-0.2, 0) is 0 Å². The van der Waals surface area contributed by atoms with Crippen molar-refractivity contribution in [3.8, 4) is 17.5 Å². The van der Waals surface area contributed by atoms with Gasteiger partial charge in [0.15, 0.2) is 5.69 Å². The Bertz CT molecular complexity index is 1370. The lowest BCUT2D eigenvalue weighted by Gasteiger charge is -2.10. The van der Waals surface area contributed by atoms with Crippen LogP contribution in [0.5, 0.6) is 5.75 Å². The highest BCUT2D eigenvalue weighted by molar-refractivity contribution is 6.32. The molecule has 3 aromatic rings. The first-order valence-electron chi connectivity index (χ1n) is 9.42. The molecule has 1 N–H and O–H groups in total. The second-order valence-corrected chi connectivity index (χ2v) is 6.90. The van der Waals surface area contributed by atoms with E-state index < -0.39 is 27.7 Å². The van der Waals surface area contributed by atoms with Gasteiger partial charge in [0.05, 0.1) is 17.2 Å². The first-order chi connectivity index (χ1) is 15.8. The van der Waals surface area contributed by atoms with Crippen molar-refractivity contribution >= 4 is 35.4 Å². The molecule has 0 fully saturated rings.